The second-order valence-corrected chi connectivity index (χ2v) is 8.74. The van der Waals surface area contributed by atoms with Crippen LogP contribution in [0.15, 0.2) is 99.5 Å². The van der Waals surface area contributed by atoms with Gasteiger partial charge in [-0.25, -0.2) is 9.78 Å². The van der Waals surface area contributed by atoms with Gasteiger partial charge in [0.2, 0.25) is 5.88 Å². The minimum Gasteiger partial charge on any atom is -0.497 e. The molecular formula is C30H21N3O5. The van der Waals surface area contributed by atoms with Gasteiger partial charge in [-0.1, -0.05) is 30.3 Å². The molecule has 6 rings (SSSR count). The molecule has 1 atom stereocenters. The van der Waals surface area contributed by atoms with E-state index in [1.54, 1.807) is 25.3 Å². The average molecular weight is 504 g/mol. The van der Waals surface area contributed by atoms with Crippen molar-refractivity contribution in [2.75, 3.05) is 7.11 Å². The highest BCUT2D eigenvalue weighted by Gasteiger charge is 2.37. The molecule has 0 saturated heterocycles. The maximum absolute atomic E-state index is 13.5. The summed E-state index contributed by atoms with van der Waals surface area (Å²) in [5.41, 5.74) is 8.03. The van der Waals surface area contributed by atoms with Gasteiger partial charge in [-0.15, -0.1) is 0 Å². The Morgan fingerprint density at radius 3 is 2.61 bits per heavy atom. The van der Waals surface area contributed by atoms with Crippen LogP contribution >= 0.6 is 0 Å². The van der Waals surface area contributed by atoms with Crippen molar-refractivity contribution >= 4 is 21.9 Å². The number of allylic oxidation sites excluding steroid dienone is 1. The number of aromatic nitrogens is 1. The molecule has 0 saturated carbocycles. The highest BCUT2D eigenvalue weighted by molar-refractivity contribution is 5.87. The van der Waals surface area contributed by atoms with Crippen molar-refractivity contribution < 1.29 is 18.6 Å². The number of hydrogen-bond acceptors (Lipinski definition) is 8. The Bertz CT molecular complexity index is 1840. The van der Waals surface area contributed by atoms with Crippen molar-refractivity contribution in [1.82, 2.24) is 4.98 Å². The third kappa shape index (κ3) is 3.87. The Hall–Kier alpha value is -5.29. The number of para-hydroxylation sites is 2. The Kier molecular flexibility index (Phi) is 5.66. The van der Waals surface area contributed by atoms with Crippen LogP contribution < -0.4 is 25.6 Å². The summed E-state index contributed by atoms with van der Waals surface area (Å²) in [5, 5.41) is 11.0. The van der Waals surface area contributed by atoms with Crippen LogP contribution in [0.3, 0.4) is 0 Å². The quantitative estimate of drug-likeness (QED) is 0.301. The van der Waals surface area contributed by atoms with Crippen molar-refractivity contribution in [3.8, 4) is 29.2 Å². The fourth-order valence-corrected chi connectivity index (χ4v) is 4.77. The van der Waals surface area contributed by atoms with E-state index < -0.39 is 11.5 Å². The van der Waals surface area contributed by atoms with Crippen LogP contribution in [0, 0.1) is 11.3 Å². The van der Waals surface area contributed by atoms with Gasteiger partial charge < -0.3 is 24.4 Å². The molecular weight excluding hydrogens is 482 g/mol. The molecule has 1 unspecified atom stereocenters. The molecule has 3 aromatic carbocycles. The third-order valence-electron chi connectivity index (χ3n) is 6.52. The van der Waals surface area contributed by atoms with E-state index in [1.165, 1.54) is 0 Å². The van der Waals surface area contributed by atoms with E-state index >= 15 is 0 Å². The van der Waals surface area contributed by atoms with E-state index in [0.717, 1.165) is 5.39 Å². The molecule has 2 aromatic heterocycles. The highest BCUT2D eigenvalue weighted by Crippen LogP contribution is 2.47. The van der Waals surface area contributed by atoms with Crippen molar-refractivity contribution in [2.24, 2.45) is 5.73 Å². The van der Waals surface area contributed by atoms with Gasteiger partial charge in [-0.3, -0.25) is 0 Å². The van der Waals surface area contributed by atoms with Gasteiger partial charge in [0.05, 0.1) is 42.0 Å². The van der Waals surface area contributed by atoms with Crippen molar-refractivity contribution in [2.45, 2.75) is 12.3 Å². The molecule has 0 radical (unpaired) electrons. The van der Waals surface area contributed by atoms with Crippen molar-refractivity contribution in [3.63, 3.8) is 0 Å². The minimum absolute atomic E-state index is 0.0520. The van der Waals surface area contributed by atoms with E-state index in [1.807, 2.05) is 60.7 Å². The number of nitriles is 1. The average Bonchev–Trinajstić information content (AvgIpc) is 2.94. The summed E-state index contributed by atoms with van der Waals surface area (Å²) in [7, 11) is 1.59. The molecule has 0 bridgehead atoms. The molecule has 0 spiro atoms. The molecule has 0 aliphatic carbocycles. The lowest BCUT2D eigenvalue weighted by atomic mass is 9.82. The zero-order valence-corrected chi connectivity index (χ0v) is 20.3. The fraction of sp³-hybridized carbons (Fsp3) is 0.100. The first-order valence-corrected chi connectivity index (χ1v) is 11.9. The molecule has 186 valence electrons. The molecule has 0 fully saturated rings. The largest absolute Gasteiger partial charge is 0.497 e. The van der Waals surface area contributed by atoms with Gasteiger partial charge in [0.1, 0.15) is 17.1 Å². The van der Waals surface area contributed by atoms with Gasteiger partial charge in [0.15, 0.2) is 11.6 Å². The SMILES string of the molecule is COc1ccc2nc(Oc3ccccc3)c(C3C(CC#N)=C(N)Oc4c3c(=O)oc3ccccc43)cc2c1. The molecule has 5 aromatic rings. The predicted molar refractivity (Wildman–Crippen MR) is 141 cm³/mol. The lowest BCUT2D eigenvalue weighted by molar-refractivity contribution is 0.379. The predicted octanol–water partition coefficient (Wildman–Crippen LogP) is 5.75. The second kappa shape index (κ2) is 9.30. The molecule has 2 N–H and O–H groups in total. The Morgan fingerprint density at radius 1 is 1.03 bits per heavy atom. The number of pyridine rings is 1. The number of fused-ring (bicyclic) bond motifs is 4. The monoisotopic (exact) mass is 503 g/mol. The summed E-state index contributed by atoms with van der Waals surface area (Å²) >= 11 is 0. The van der Waals surface area contributed by atoms with Gasteiger partial charge in [0.25, 0.3) is 0 Å². The number of methoxy groups -OCH3 is 1. The fourth-order valence-electron chi connectivity index (χ4n) is 4.77. The zero-order valence-electron chi connectivity index (χ0n) is 20.3. The van der Waals surface area contributed by atoms with Gasteiger partial charge in [-0.05, 0) is 48.5 Å². The normalized spacial score (nSPS) is 14.6. The molecule has 0 amide bonds. The first-order chi connectivity index (χ1) is 18.6. The van der Waals surface area contributed by atoms with Crippen molar-refractivity contribution in [3.05, 3.63) is 112 Å². The molecule has 3 heterocycles. The van der Waals surface area contributed by atoms with E-state index in [-0.39, 0.29) is 29.5 Å². The number of benzene rings is 3. The second-order valence-electron chi connectivity index (χ2n) is 8.74. The zero-order chi connectivity index (χ0) is 26.2. The Balaban J connectivity index is 1.68. The number of nitrogens with two attached hydrogens (primary N) is 1. The third-order valence-corrected chi connectivity index (χ3v) is 6.52. The van der Waals surface area contributed by atoms with Gasteiger partial charge >= 0.3 is 5.63 Å². The topological polar surface area (TPSA) is 121 Å². The minimum atomic E-state index is -0.805. The van der Waals surface area contributed by atoms with Gasteiger partial charge in [-0.2, -0.15) is 5.26 Å². The van der Waals surface area contributed by atoms with E-state index in [2.05, 4.69) is 6.07 Å². The van der Waals surface area contributed by atoms with Crippen LogP contribution in [0.25, 0.3) is 21.9 Å². The standard InChI is InChI=1S/C30H21N3O5/c1-35-19-11-12-23-17(15-19)16-22(29(33-23)36-18-7-3-2-4-8-18)25-21(13-14-31)28(32)38-27-20-9-5-6-10-24(20)37-30(34)26(25)27/h2-12,15-16,25H,13,32H2,1H3. The molecule has 8 nitrogen and oxygen atoms in total. The summed E-state index contributed by atoms with van der Waals surface area (Å²) in [6.07, 6.45) is -0.0802. The lowest BCUT2D eigenvalue weighted by Gasteiger charge is -2.29. The first kappa shape index (κ1) is 23.1. The summed E-state index contributed by atoms with van der Waals surface area (Å²) in [6.45, 7) is 0. The van der Waals surface area contributed by atoms with Crippen molar-refractivity contribution in [1.29, 1.82) is 5.26 Å². The van der Waals surface area contributed by atoms with Gasteiger partial charge in [0, 0.05) is 16.5 Å². The maximum atomic E-state index is 13.5. The van der Waals surface area contributed by atoms with E-state index in [4.69, 9.17) is 29.3 Å². The highest BCUT2D eigenvalue weighted by atomic mass is 16.5. The molecule has 8 heteroatoms. The number of nitrogens with zero attached hydrogens (tertiary/aromatic N) is 2. The molecule has 38 heavy (non-hydrogen) atoms. The van der Waals surface area contributed by atoms with Crippen LogP contribution in [0.1, 0.15) is 23.5 Å². The number of ether oxygens (including phenoxy) is 3. The summed E-state index contributed by atoms with van der Waals surface area (Å²) in [6, 6.07) is 25.8. The molecule has 1 aliphatic heterocycles. The summed E-state index contributed by atoms with van der Waals surface area (Å²) in [4.78, 5) is 18.3. The smallest absolute Gasteiger partial charge is 0.344 e. The summed E-state index contributed by atoms with van der Waals surface area (Å²) < 4.78 is 23.4. The van der Waals surface area contributed by atoms with E-state index in [0.29, 0.717) is 39.1 Å². The first-order valence-electron chi connectivity index (χ1n) is 11.9. The van der Waals surface area contributed by atoms with Crippen LogP contribution in [0.5, 0.6) is 23.1 Å². The maximum Gasteiger partial charge on any atom is 0.344 e. The van der Waals surface area contributed by atoms with Crippen LogP contribution in [-0.2, 0) is 0 Å². The molecule has 1 aliphatic rings. The van der Waals surface area contributed by atoms with Crippen LogP contribution in [-0.4, -0.2) is 12.1 Å². The summed E-state index contributed by atoms with van der Waals surface area (Å²) in [5.74, 6) is 1.01. The van der Waals surface area contributed by atoms with Crippen LogP contribution in [0.2, 0.25) is 0 Å². The van der Waals surface area contributed by atoms with E-state index in [9.17, 15) is 10.1 Å². The Labute approximate surface area is 217 Å². The van der Waals surface area contributed by atoms with Crippen LogP contribution in [0.4, 0.5) is 0 Å². The Morgan fingerprint density at radius 2 is 1.82 bits per heavy atom. The lowest BCUT2D eigenvalue weighted by Crippen LogP contribution is -2.27. The number of hydrogen-bond donors (Lipinski definition) is 1. The number of rotatable bonds is 5.